The predicted octanol–water partition coefficient (Wildman–Crippen LogP) is 5.84. The summed E-state index contributed by atoms with van der Waals surface area (Å²) in [6.07, 6.45) is -4.92. The second-order valence-corrected chi connectivity index (χ2v) is 7.81. The molecule has 162 valence electrons. The predicted molar refractivity (Wildman–Crippen MR) is 107 cm³/mol. The zero-order valence-electron chi connectivity index (χ0n) is 15.6. The van der Waals surface area contributed by atoms with Crippen LogP contribution in [0.4, 0.5) is 33.5 Å². The maximum atomic E-state index is 14.0. The molecular formula is C20H14BrF5N4O. The summed E-state index contributed by atoms with van der Waals surface area (Å²) >= 11 is 2.94. The topological polar surface area (TPSA) is 59.0 Å². The summed E-state index contributed by atoms with van der Waals surface area (Å²) in [7, 11) is 0. The van der Waals surface area contributed by atoms with Crippen LogP contribution in [0.15, 0.2) is 53.0 Å². The fourth-order valence-electron chi connectivity index (χ4n) is 3.43. The molecule has 1 aromatic heterocycles. The highest BCUT2D eigenvalue weighted by Gasteiger charge is 2.46. The summed E-state index contributed by atoms with van der Waals surface area (Å²) in [5.41, 5.74) is -0.0338. The van der Waals surface area contributed by atoms with Crippen LogP contribution >= 0.6 is 15.9 Å². The van der Waals surface area contributed by atoms with E-state index in [4.69, 9.17) is 0 Å². The lowest BCUT2D eigenvalue weighted by molar-refractivity contribution is -0.173. The number of nitrogens with zero attached hydrogens (tertiary/aromatic N) is 2. The minimum Gasteiger partial charge on any atom is -0.363 e. The van der Waals surface area contributed by atoms with Crippen LogP contribution in [0.5, 0.6) is 0 Å². The van der Waals surface area contributed by atoms with Crippen molar-refractivity contribution in [2.75, 3.05) is 10.6 Å². The third-order valence-corrected chi connectivity index (χ3v) is 5.50. The lowest BCUT2D eigenvalue weighted by Crippen LogP contribution is -2.35. The first-order valence-electron chi connectivity index (χ1n) is 9.07. The Labute approximate surface area is 181 Å². The van der Waals surface area contributed by atoms with Crippen molar-refractivity contribution in [1.29, 1.82) is 0 Å². The van der Waals surface area contributed by atoms with E-state index in [0.717, 1.165) is 6.07 Å². The van der Waals surface area contributed by atoms with Crippen molar-refractivity contribution in [2.45, 2.75) is 24.7 Å². The highest BCUT2D eigenvalue weighted by Crippen LogP contribution is 2.43. The largest absolute Gasteiger partial charge is 0.410 e. The molecule has 0 radical (unpaired) electrons. The lowest BCUT2D eigenvalue weighted by Gasteiger charge is -2.33. The van der Waals surface area contributed by atoms with Gasteiger partial charge in [0.15, 0.2) is 17.6 Å². The van der Waals surface area contributed by atoms with Crippen molar-refractivity contribution in [1.82, 2.24) is 9.78 Å². The number of fused-ring (bicyclic) bond motifs is 1. The van der Waals surface area contributed by atoms with Crippen LogP contribution in [-0.2, 0) is 0 Å². The molecule has 1 amide bonds. The summed E-state index contributed by atoms with van der Waals surface area (Å²) < 4.78 is 69.1. The number of aromatic nitrogens is 2. The molecule has 1 aliphatic heterocycles. The van der Waals surface area contributed by atoms with Crippen molar-refractivity contribution < 1.29 is 26.7 Å². The summed E-state index contributed by atoms with van der Waals surface area (Å²) in [5, 5.41) is 9.00. The average Bonchev–Trinajstić information content (AvgIpc) is 3.14. The van der Waals surface area contributed by atoms with Crippen LogP contribution in [0.2, 0.25) is 0 Å². The minimum absolute atomic E-state index is 0.00576. The van der Waals surface area contributed by atoms with Crippen molar-refractivity contribution >= 4 is 33.3 Å². The number of carbonyl (C=O) groups is 1. The van der Waals surface area contributed by atoms with Gasteiger partial charge in [-0.3, -0.25) is 4.79 Å². The van der Waals surface area contributed by atoms with Gasteiger partial charge in [-0.2, -0.15) is 18.3 Å². The number of hydrogen-bond donors (Lipinski definition) is 2. The van der Waals surface area contributed by atoms with E-state index in [2.05, 4.69) is 31.7 Å². The number of benzene rings is 2. The molecule has 0 spiro atoms. The number of hydrogen-bond acceptors (Lipinski definition) is 3. The van der Waals surface area contributed by atoms with Crippen molar-refractivity contribution in [3.63, 3.8) is 0 Å². The van der Waals surface area contributed by atoms with Gasteiger partial charge in [-0.15, -0.1) is 0 Å². The number of nitrogens with one attached hydrogen (secondary N) is 2. The number of anilines is 2. The Morgan fingerprint density at radius 2 is 1.87 bits per heavy atom. The van der Waals surface area contributed by atoms with Crippen LogP contribution < -0.4 is 10.6 Å². The van der Waals surface area contributed by atoms with Crippen LogP contribution in [-0.4, -0.2) is 21.9 Å². The molecule has 4 rings (SSSR count). The van der Waals surface area contributed by atoms with Crippen LogP contribution in [0.1, 0.15) is 34.6 Å². The maximum Gasteiger partial charge on any atom is 0.410 e. The first-order chi connectivity index (χ1) is 14.6. The molecule has 1 aliphatic rings. The Balaban J connectivity index is 1.66. The van der Waals surface area contributed by atoms with Gasteiger partial charge < -0.3 is 10.6 Å². The van der Waals surface area contributed by atoms with E-state index in [1.165, 1.54) is 6.07 Å². The van der Waals surface area contributed by atoms with Gasteiger partial charge in [0.1, 0.15) is 11.6 Å². The summed E-state index contributed by atoms with van der Waals surface area (Å²) in [5.74, 6) is -2.83. The molecule has 0 saturated carbocycles. The molecule has 2 aromatic carbocycles. The normalized spacial score (nSPS) is 18.3. The SMILES string of the molecule is O=C(Nc1c(F)cc(F)cc1Br)c1cc2n(n1)[C@H](C(F)(F)F)C[C@@H](c1ccccc1)N2. The Hall–Kier alpha value is -2.95. The smallest absolute Gasteiger partial charge is 0.363 e. The molecule has 0 fully saturated rings. The number of halogens is 6. The van der Waals surface area contributed by atoms with Crippen molar-refractivity contribution in [3.8, 4) is 0 Å². The molecule has 2 N–H and O–H groups in total. The summed E-state index contributed by atoms with van der Waals surface area (Å²) in [4.78, 5) is 12.6. The van der Waals surface area contributed by atoms with Gasteiger partial charge in [-0.1, -0.05) is 30.3 Å². The number of carbonyl (C=O) groups excluding carboxylic acids is 1. The minimum atomic E-state index is -4.60. The van der Waals surface area contributed by atoms with E-state index >= 15 is 0 Å². The molecule has 31 heavy (non-hydrogen) atoms. The zero-order chi connectivity index (χ0) is 22.3. The van der Waals surface area contributed by atoms with E-state index < -0.39 is 35.8 Å². The fraction of sp³-hybridized carbons (Fsp3) is 0.200. The molecular weight excluding hydrogens is 487 g/mol. The molecule has 2 heterocycles. The molecule has 3 aromatic rings. The Morgan fingerprint density at radius 3 is 2.52 bits per heavy atom. The van der Waals surface area contributed by atoms with Gasteiger partial charge in [0.2, 0.25) is 0 Å². The lowest BCUT2D eigenvalue weighted by atomic mass is 9.97. The fourth-order valence-corrected chi connectivity index (χ4v) is 3.93. The van der Waals surface area contributed by atoms with Crippen LogP contribution in [0, 0.1) is 11.6 Å². The Morgan fingerprint density at radius 1 is 1.16 bits per heavy atom. The van der Waals surface area contributed by atoms with Gasteiger partial charge >= 0.3 is 6.18 Å². The highest BCUT2D eigenvalue weighted by molar-refractivity contribution is 9.10. The first kappa shape index (κ1) is 21.3. The quantitative estimate of drug-likeness (QED) is 0.444. The van der Waals surface area contributed by atoms with Crippen molar-refractivity contribution in [3.05, 3.63) is 75.9 Å². The molecule has 5 nitrogen and oxygen atoms in total. The van der Waals surface area contributed by atoms with Gasteiger partial charge in [0.05, 0.1) is 11.7 Å². The average molecular weight is 501 g/mol. The molecule has 0 saturated heterocycles. The van der Waals surface area contributed by atoms with Crippen molar-refractivity contribution in [2.24, 2.45) is 0 Å². The van der Waals surface area contributed by atoms with E-state index in [-0.39, 0.29) is 28.1 Å². The Bertz CT molecular complexity index is 1110. The second kappa shape index (κ2) is 7.95. The third-order valence-electron chi connectivity index (χ3n) is 4.87. The third kappa shape index (κ3) is 4.27. The molecule has 11 heteroatoms. The standard InChI is InChI=1S/C20H14BrF5N4O/c21-12-6-11(22)7-13(23)18(12)28-19(31)15-9-17-27-14(10-4-2-1-3-5-10)8-16(20(24,25)26)30(17)29-15/h1-7,9,14,16,27H,8H2,(H,28,31)/t14-,16-/m0/s1. The number of rotatable bonds is 3. The van der Waals surface area contributed by atoms with E-state index in [1.54, 1.807) is 30.3 Å². The van der Waals surface area contributed by atoms with Gasteiger partial charge in [0, 0.05) is 23.0 Å². The van der Waals surface area contributed by atoms with Crippen LogP contribution in [0.25, 0.3) is 0 Å². The van der Waals surface area contributed by atoms with Gasteiger partial charge in [-0.05, 0) is 27.6 Å². The molecule has 0 unspecified atom stereocenters. The maximum absolute atomic E-state index is 14.0. The first-order valence-corrected chi connectivity index (χ1v) is 9.86. The second-order valence-electron chi connectivity index (χ2n) is 6.96. The molecule has 2 atom stereocenters. The molecule has 0 aliphatic carbocycles. The van der Waals surface area contributed by atoms with Gasteiger partial charge in [-0.25, -0.2) is 13.5 Å². The van der Waals surface area contributed by atoms with E-state index in [9.17, 15) is 26.7 Å². The van der Waals surface area contributed by atoms with E-state index in [0.29, 0.717) is 16.3 Å². The zero-order valence-corrected chi connectivity index (χ0v) is 17.1. The molecule has 0 bridgehead atoms. The summed E-state index contributed by atoms with van der Waals surface area (Å²) in [6.45, 7) is 0. The highest BCUT2D eigenvalue weighted by atomic mass is 79.9. The number of amides is 1. The number of alkyl halides is 3. The van der Waals surface area contributed by atoms with Gasteiger partial charge in [0.25, 0.3) is 5.91 Å². The summed E-state index contributed by atoms with van der Waals surface area (Å²) in [6, 6.07) is 8.71. The van der Waals surface area contributed by atoms with E-state index in [1.807, 2.05) is 0 Å². The Kier molecular flexibility index (Phi) is 5.46. The monoisotopic (exact) mass is 500 g/mol. The van der Waals surface area contributed by atoms with Crippen LogP contribution in [0.3, 0.4) is 0 Å².